The quantitative estimate of drug-likeness (QED) is 0.194. The van der Waals surface area contributed by atoms with Gasteiger partial charge in [0.1, 0.15) is 36.0 Å². The number of benzene rings is 2. The second kappa shape index (κ2) is 17.3. The first-order valence-electron chi connectivity index (χ1n) is 16.6. The Hall–Kier alpha value is -3.69. The minimum Gasteiger partial charge on any atom is -0.508 e. The number of aromatic nitrogens is 2. The van der Waals surface area contributed by atoms with Crippen LogP contribution in [0.5, 0.6) is 11.5 Å². The molecule has 0 spiro atoms. The van der Waals surface area contributed by atoms with Gasteiger partial charge in [0.25, 0.3) is 0 Å². The van der Waals surface area contributed by atoms with E-state index in [4.69, 9.17) is 64.0 Å². The Morgan fingerprint density at radius 2 is 1.22 bits per heavy atom. The van der Waals surface area contributed by atoms with Crippen molar-refractivity contribution in [1.29, 1.82) is 10.5 Å². The molecule has 2 aliphatic rings. The van der Waals surface area contributed by atoms with Crippen LogP contribution in [0, 0.1) is 36.5 Å². The Labute approximate surface area is 304 Å². The highest BCUT2D eigenvalue weighted by Crippen LogP contribution is 2.40. The van der Waals surface area contributed by atoms with Crippen molar-refractivity contribution in [1.82, 2.24) is 9.97 Å². The number of rotatable bonds is 6. The lowest BCUT2D eigenvalue weighted by Crippen LogP contribution is -2.25. The number of phenols is 1. The van der Waals surface area contributed by atoms with E-state index in [9.17, 15) is 0 Å². The van der Waals surface area contributed by atoms with Crippen molar-refractivity contribution >= 4 is 34.8 Å². The molecule has 2 fully saturated rings. The highest BCUT2D eigenvalue weighted by Gasteiger charge is 2.35. The van der Waals surface area contributed by atoms with Crippen molar-refractivity contribution in [2.24, 2.45) is 0 Å². The summed E-state index contributed by atoms with van der Waals surface area (Å²) in [6, 6.07) is 13.2. The number of phenolic OH excluding ortho intramolecular Hbond substituents is 1. The lowest BCUT2D eigenvalue weighted by molar-refractivity contribution is 0.225. The highest BCUT2D eigenvalue weighted by molar-refractivity contribution is 6.32. The van der Waals surface area contributed by atoms with Crippen molar-refractivity contribution in [2.45, 2.75) is 115 Å². The number of alkyl halides is 1. The van der Waals surface area contributed by atoms with Crippen LogP contribution in [0.2, 0.25) is 10.0 Å². The van der Waals surface area contributed by atoms with Crippen molar-refractivity contribution < 1.29 is 18.7 Å². The summed E-state index contributed by atoms with van der Waals surface area (Å²) in [4.78, 5) is 9.17. The molecule has 8 nitrogen and oxygen atoms in total. The normalized spacial score (nSPS) is 16.2. The van der Waals surface area contributed by atoms with E-state index >= 15 is 0 Å². The van der Waals surface area contributed by atoms with Gasteiger partial charge in [-0.15, -0.1) is 11.6 Å². The molecule has 0 unspecified atom stereocenters. The fourth-order valence-corrected chi connectivity index (χ4v) is 6.82. The maximum Gasteiger partial charge on any atom is 0.200 e. The third-order valence-corrected chi connectivity index (χ3v) is 10.2. The number of aryl methyl sites for hydroxylation is 2. The molecule has 0 saturated heterocycles. The number of ether oxygens (including phenoxy) is 1. The molecule has 4 aromatic rings. The topological polar surface area (TPSA) is 129 Å². The van der Waals surface area contributed by atoms with Crippen LogP contribution in [-0.4, -0.2) is 15.1 Å². The summed E-state index contributed by atoms with van der Waals surface area (Å²) in [5, 5.41) is 26.8. The third kappa shape index (κ3) is 9.94. The number of hydrogen-bond acceptors (Lipinski definition) is 8. The fourth-order valence-electron chi connectivity index (χ4n) is 6.14. The number of oxazole rings is 2. The smallest absolute Gasteiger partial charge is 0.200 e. The summed E-state index contributed by atoms with van der Waals surface area (Å²) in [5.41, 5.74) is 2.82. The Balaban J connectivity index is 0.000000184. The first-order chi connectivity index (χ1) is 23.4. The fraction of sp³-hybridized carbons (Fsp3) is 0.474. The molecule has 2 heterocycles. The first-order valence-corrected chi connectivity index (χ1v) is 17.9. The number of halogens is 3. The van der Waals surface area contributed by atoms with E-state index in [0.29, 0.717) is 34.4 Å². The Bertz CT molecular complexity index is 1790. The van der Waals surface area contributed by atoms with E-state index in [-0.39, 0.29) is 21.6 Å². The zero-order valence-corrected chi connectivity index (χ0v) is 30.8. The second-order valence-electron chi connectivity index (χ2n) is 13.2. The average Bonchev–Trinajstić information content (AvgIpc) is 3.67. The van der Waals surface area contributed by atoms with Gasteiger partial charge in [-0.2, -0.15) is 10.5 Å². The van der Waals surface area contributed by atoms with Gasteiger partial charge in [0, 0.05) is 16.9 Å². The molecule has 0 amide bonds. The molecule has 0 atom stereocenters. The summed E-state index contributed by atoms with van der Waals surface area (Å²) in [5.74, 6) is 4.42. The van der Waals surface area contributed by atoms with E-state index < -0.39 is 0 Å². The molecule has 49 heavy (non-hydrogen) atoms. The van der Waals surface area contributed by atoms with Gasteiger partial charge in [0.2, 0.25) is 11.8 Å². The number of aromatic hydroxyl groups is 1. The van der Waals surface area contributed by atoms with Crippen LogP contribution >= 0.6 is 34.8 Å². The molecular weight excluding hydrogens is 683 g/mol. The van der Waals surface area contributed by atoms with Gasteiger partial charge in [0.15, 0.2) is 5.76 Å². The van der Waals surface area contributed by atoms with Gasteiger partial charge in [-0.05, 0) is 69.9 Å². The van der Waals surface area contributed by atoms with E-state index in [2.05, 4.69) is 23.8 Å². The minimum absolute atomic E-state index is 0.0407. The molecule has 260 valence electrons. The number of nitrogens with zero attached hydrogens (tertiary/aromatic N) is 4. The van der Waals surface area contributed by atoms with Crippen LogP contribution in [0.3, 0.4) is 0 Å². The van der Waals surface area contributed by atoms with E-state index in [1.807, 2.05) is 26.0 Å². The Morgan fingerprint density at radius 1 is 0.755 bits per heavy atom. The predicted octanol–water partition coefficient (Wildman–Crippen LogP) is 11.2. The molecule has 2 aliphatic carbocycles. The van der Waals surface area contributed by atoms with Crippen LogP contribution in [0.15, 0.2) is 45.2 Å². The van der Waals surface area contributed by atoms with Gasteiger partial charge in [-0.3, -0.25) is 0 Å². The third-order valence-electron chi connectivity index (χ3n) is 9.36. The lowest BCUT2D eigenvalue weighted by atomic mass is 9.75. The van der Waals surface area contributed by atoms with Crippen LogP contribution in [0.1, 0.15) is 124 Å². The van der Waals surface area contributed by atoms with Gasteiger partial charge in [-0.1, -0.05) is 75.6 Å². The molecule has 2 aromatic heterocycles. The van der Waals surface area contributed by atoms with Gasteiger partial charge >= 0.3 is 0 Å². The molecule has 2 saturated carbocycles. The van der Waals surface area contributed by atoms with Crippen LogP contribution < -0.4 is 4.74 Å². The van der Waals surface area contributed by atoms with Crippen molar-refractivity contribution in [3.8, 4) is 23.6 Å². The summed E-state index contributed by atoms with van der Waals surface area (Å²) in [6.07, 6.45) is 12.3. The van der Waals surface area contributed by atoms with Gasteiger partial charge in [0.05, 0.1) is 38.4 Å². The summed E-state index contributed by atoms with van der Waals surface area (Å²) >= 11 is 17.4. The summed E-state index contributed by atoms with van der Waals surface area (Å²) < 4.78 is 17.6. The maximum atomic E-state index is 8.91. The maximum absolute atomic E-state index is 8.91. The van der Waals surface area contributed by atoms with Gasteiger partial charge in [-0.25, -0.2) is 9.97 Å². The van der Waals surface area contributed by atoms with Crippen LogP contribution in [0.25, 0.3) is 0 Å². The zero-order valence-electron chi connectivity index (χ0n) is 28.5. The molecule has 0 aliphatic heterocycles. The Morgan fingerprint density at radius 3 is 1.67 bits per heavy atom. The van der Waals surface area contributed by atoms with E-state index in [0.717, 1.165) is 47.5 Å². The monoisotopic (exact) mass is 724 g/mol. The standard InChI is InChI=1S/C19H21ClN2O2.C12H18ClNO.C7H4ClNO/c1-13-17(12-23-15-7-6-14(11-21)16(20)10-15)24-18(22-13)19(2)8-4-3-5-9-19;1-9-10(8-13)15-11(14-9)12(2)6-4-3-5-7-12;8-7-3-6(10)2-1-5(7)4-9/h6-7,10H,3-5,8-9,12H2,1-2H3;3-8H2,1-2H3;1-3,10H. The first kappa shape index (κ1) is 38.1. The molecule has 2 aromatic carbocycles. The summed E-state index contributed by atoms with van der Waals surface area (Å²) in [7, 11) is 0. The van der Waals surface area contributed by atoms with E-state index in [1.54, 1.807) is 18.2 Å². The molecule has 11 heteroatoms. The summed E-state index contributed by atoms with van der Waals surface area (Å²) in [6.45, 7) is 8.72. The van der Waals surface area contributed by atoms with Crippen molar-refractivity contribution in [3.63, 3.8) is 0 Å². The minimum atomic E-state index is 0.0407. The highest BCUT2D eigenvalue weighted by atomic mass is 35.5. The van der Waals surface area contributed by atoms with Crippen molar-refractivity contribution in [2.75, 3.05) is 0 Å². The molecular formula is C38H43Cl3N4O4. The largest absolute Gasteiger partial charge is 0.508 e. The second-order valence-corrected chi connectivity index (χ2v) is 14.3. The lowest BCUT2D eigenvalue weighted by Gasteiger charge is -2.30. The number of nitriles is 2. The molecule has 0 radical (unpaired) electrons. The Kier molecular flexibility index (Phi) is 13.5. The number of hydrogen-bond donors (Lipinski definition) is 1. The van der Waals surface area contributed by atoms with Crippen LogP contribution in [0.4, 0.5) is 0 Å². The van der Waals surface area contributed by atoms with Crippen LogP contribution in [-0.2, 0) is 23.3 Å². The van der Waals surface area contributed by atoms with Crippen molar-refractivity contribution in [3.05, 3.63) is 92.3 Å². The zero-order chi connectivity index (χ0) is 35.6. The molecule has 6 rings (SSSR count). The molecule has 1 N–H and O–H groups in total. The predicted molar refractivity (Wildman–Crippen MR) is 191 cm³/mol. The molecule has 0 bridgehead atoms. The SMILES string of the molecule is Cc1nc(C2(C)CCCCC2)oc1CCl.Cc1nc(C2(C)CCCCC2)oc1COc1ccc(C#N)c(Cl)c1.N#Cc1ccc(O)cc1Cl. The van der Waals surface area contributed by atoms with E-state index in [1.165, 1.54) is 69.6 Å². The van der Waals surface area contributed by atoms with Gasteiger partial charge < -0.3 is 18.7 Å². The average molecular weight is 726 g/mol.